The van der Waals surface area contributed by atoms with Gasteiger partial charge in [0.25, 0.3) is 0 Å². The number of nitrogens with one attached hydrogen (secondary N) is 1. The molecule has 0 saturated carbocycles. The molecule has 0 aromatic carbocycles. The van der Waals surface area contributed by atoms with Crippen molar-refractivity contribution in [2.75, 3.05) is 0 Å². The first-order valence-corrected chi connectivity index (χ1v) is 6.44. The Kier molecular flexibility index (Phi) is 4.19. The van der Waals surface area contributed by atoms with E-state index < -0.39 is 0 Å². The average Bonchev–Trinajstić information content (AvgIpc) is 2.84. The van der Waals surface area contributed by atoms with Crippen molar-refractivity contribution in [3.63, 3.8) is 0 Å². The summed E-state index contributed by atoms with van der Waals surface area (Å²) in [6, 6.07) is 6.27. The fourth-order valence-electron chi connectivity index (χ4n) is 1.68. The second kappa shape index (κ2) is 5.86. The lowest BCUT2D eigenvalue weighted by Gasteiger charge is -2.13. The fraction of sp³-hybridized carbons (Fsp3) is 0.333. The molecule has 0 bridgehead atoms. The Morgan fingerprint density at radius 2 is 2.18 bits per heavy atom. The zero-order valence-corrected chi connectivity index (χ0v) is 10.6. The summed E-state index contributed by atoms with van der Waals surface area (Å²) in [5.74, 6) is 5.59. The Bertz CT molecular complexity index is 455. The number of aromatic nitrogens is 2. The molecule has 5 heteroatoms. The van der Waals surface area contributed by atoms with Crippen LogP contribution in [0.15, 0.2) is 30.7 Å². The SMILES string of the molecule is CCc1ccc(CC(NN)c2ccncn2)s1. The summed E-state index contributed by atoms with van der Waals surface area (Å²) >= 11 is 1.83. The molecule has 2 rings (SSSR count). The van der Waals surface area contributed by atoms with E-state index in [1.54, 1.807) is 12.5 Å². The molecule has 0 spiro atoms. The third-order valence-electron chi connectivity index (χ3n) is 2.63. The lowest BCUT2D eigenvalue weighted by molar-refractivity contribution is 0.540. The van der Waals surface area contributed by atoms with Gasteiger partial charge in [0.2, 0.25) is 0 Å². The summed E-state index contributed by atoms with van der Waals surface area (Å²) in [6.45, 7) is 2.17. The van der Waals surface area contributed by atoms with Crippen molar-refractivity contribution < 1.29 is 0 Å². The molecule has 0 radical (unpaired) electrons. The number of hydrogen-bond acceptors (Lipinski definition) is 5. The second-order valence-electron chi connectivity index (χ2n) is 3.78. The largest absolute Gasteiger partial charge is 0.271 e. The van der Waals surface area contributed by atoms with E-state index >= 15 is 0 Å². The van der Waals surface area contributed by atoms with Gasteiger partial charge in [-0.05, 0) is 24.6 Å². The minimum Gasteiger partial charge on any atom is -0.271 e. The van der Waals surface area contributed by atoms with Crippen LogP contribution in [-0.2, 0) is 12.8 Å². The lowest BCUT2D eigenvalue weighted by atomic mass is 10.1. The smallest absolute Gasteiger partial charge is 0.115 e. The minimum atomic E-state index is 0.0429. The lowest BCUT2D eigenvalue weighted by Crippen LogP contribution is -2.30. The average molecular weight is 248 g/mol. The zero-order chi connectivity index (χ0) is 12.1. The van der Waals surface area contributed by atoms with Crippen molar-refractivity contribution in [1.29, 1.82) is 0 Å². The Morgan fingerprint density at radius 3 is 2.76 bits per heavy atom. The number of hydrogen-bond donors (Lipinski definition) is 2. The Labute approximate surface area is 105 Å². The number of nitrogens with two attached hydrogens (primary N) is 1. The third kappa shape index (κ3) is 3.09. The predicted molar refractivity (Wildman–Crippen MR) is 69.5 cm³/mol. The maximum Gasteiger partial charge on any atom is 0.115 e. The van der Waals surface area contributed by atoms with Crippen LogP contribution >= 0.6 is 11.3 Å². The van der Waals surface area contributed by atoms with Crippen LogP contribution in [0, 0.1) is 0 Å². The summed E-state index contributed by atoms with van der Waals surface area (Å²) in [5, 5.41) is 0. The fourth-order valence-corrected chi connectivity index (χ4v) is 2.68. The Morgan fingerprint density at radius 1 is 1.35 bits per heavy atom. The maximum atomic E-state index is 5.59. The van der Waals surface area contributed by atoms with Crippen molar-refractivity contribution in [3.05, 3.63) is 46.2 Å². The van der Waals surface area contributed by atoms with Gasteiger partial charge >= 0.3 is 0 Å². The molecule has 2 aromatic rings. The summed E-state index contributed by atoms with van der Waals surface area (Å²) in [7, 11) is 0. The molecule has 0 amide bonds. The predicted octanol–water partition coefficient (Wildman–Crippen LogP) is 1.85. The van der Waals surface area contributed by atoms with Crippen LogP contribution in [0.4, 0.5) is 0 Å². The van der Waals surface area contributed by atoms with E-state index in [-0.39, 0.29) is 6.04 Å². The topological polar surface area (TPSA) is 63.8 Å². The molecular weight excluding hydrogens is 232 g/mol. The van der Waals surface area contributed by atoms with E-state index in [4.69, 9.17) is 5.84 Å². The van der Waals surface area contributed by atoms with Crippen molar-refractivity contribution in [2.45, 2.75) is 25.8 Å². The van der Waals surface area contributed by atoms with E-state index in [9.17, 15) is 0 Å². The molecule has 2 aromatic heterocycles. The maximum absolute atomic E-state index is 5.59. The quantitative estimate of drug-likeness (QED) is 0.626. The molecule has 17 heavy (non-hydrogen) atoms. The molecule has 90 valence electrons. The normalized spacial score (nSPS) is 12.6. The molecule has 0 aliphatic heterocycles. The van der Waals surface area contributed by atoms with Crippen LogP contribution in [0.1, 0.15) is 28.4 Å². The molecular formula is C12H16N4S. The van der Waals surface area contributed by atoms with Crippen LogP contribution in [0.2, 0.25) is 0 Å². The first-order chi connectivity index (χ1) is 8.33. The first-order valence-electron chi connectivity index (χ1n) is 5.63. The van der Waals surface area contributed by atoms with Crippen molar-refractivity contribution >= 4 is 11.3 Å². The molecule has 1 unspecified atom stereocenters. The highest BCUT2D eigenvalue weighted by Gasteiger charge is 2.12. The van der Waals surface area contributed by atoms with Gasteiger partial charge in [0.15, 0.2) is 0 Å². The number of hydrazine groups is 1. The highest BCUT2D eigenvalue weighted by Crippen LogP contribution is 2.22. The molecule has 3 N–H and O–H groups in total. The molecule has 4 nitrogen and oxygen atoms in total. The van der Waals surface area contributed by atoms with Gasteiger partial charge in [-0.25, -0.2) is 9.97 Å². The molecule has 0 saturated heterocycles. The number of aryl methyl sites for hydroxylation is 1. The van der Waals surface area contributed by atoms with Crippen molar-refractivity contribution in [3.8, 4) is 0 Å². The van der Waals surface area contributed by atoms with Crippen LogP contribution < -0.4 is 11.3 Å². The minimum absolute atomic E-state index is 0.0429. The van der Waals surface area contributed by atoms with Gasteiger partial charge < -0.3 is 0 Å². The summed E-state index contributed by atoms with van der Waals surface area (Å²) in [4.78, 5) is 10.9. The van der Waals surface area contributed by atoms with Crippen LogP contribution in [0.5, 0.6) is 0 Å². The molecule has 1 atom stereocenters. The van der Waals surface area contributed by atoms with Gasteiger partial charge in [-0.1, -0.05) is 6.92 Å². The monoisotopic (exact) mass is 248 g/mol. The summed E-state index contributed by atoms with van der Waals surface area (Å²) < 4.78 is 0. The third-order valence-corrected chi connectivity index (χ3v) is 3.89. The Balaban J connectivity index is 2.10. The highest BCUT2D eigenvalue weighted by molar-refractivity contribution is 7.11. The van der Waals surface area contributed by atoms with Crippen molar-refractivity contribution in [1.82, 2.24) is 15.4 Å². The zero-order valence-electron chi connectivity index (χ0n) is 9.76. The highest BCUT2D eigenvalue weighted by atomic mass is 32.1. The van der Waals surface area contributed by atoms with Gasteiger partial charge in [-0.2, -0.15) is 0 Å². The molecule has 0 aliphatic carbocycles. The van der Waals surface area contributed by atoms with Gasteiger partial charge in [-0.15, -0.1) is 11.3 Å². The van der Waals surface area contributed by atoms with Gasteiger partial charge in [0.1, 0.15) is 6.33 Å². The van der Waals surface area contributed by atoms with Crippen molar-refractivity contribution in [2.24, 2.45) is 5.84 Å². The number of nitrogens with zero attached hydrogens (tertiary/aromatic N) is 2. The van der Waals surface area contributed by atoms with Crippen LogP contribution in [0.25, 0.3) is 0 Å². The standard InChI is InChI=1S/C12H16N4S/c1-2-9-3-4-10(17-9)7-12(16-13)11-5-6-14-8-15-11/h3-6,8,12,16H,2,7,13H2,1H3. The summed E-state index contributed by atoms with van der Waals surface area (Å²) in [5.41, 5.74) is 3.74. The van der Waals surface area contributed by atoms with E-state index in [2.05, 4.69) is 34.5 Å². The first kappa shape index (κ1) is 12.2. The number of thiophene rings is 1. The second-order valence-corrected chi connectivity index (χ2v) is 5.03. The van der Waals surface area contributed by atoms with E-state index in [1.165, 1.54) is 9.75 Å². The summed E-state index contributed by atoms with van der Waals surface area (Å²) in [6.07, 6.45) is 5.22. The molecule has 2 heterocycles. The van der Waals surface area contributed by atoms with E-state index in [1.807, 2.05) is 17.4 Å². The van der Waals surface area contributed by atoms with Crippen LogP contribution in [-0.4, -0.2) is 9.97 Å². The molecule has 0 aliphatic rings. The van der Waals surface area contributed by atoms with Gasteiger partial charge in [0, 0.05) is 22.4 Å². The Hall–Kier alpha value is -1.30. The molecule has 0 fully saturated rings. The van der Waals surface area contributed by atoms with Gasteiger partial charge in [0.05, 0.1) is 11.7 Å². The van der Waals surface area contributed by atoms with E-state index in [0.29, 0.717) is 0 Å². The van der Waals surface area contributed by atoms with Gasteiger partial charge in [-0.3, -0.25) is 11.3 Å². The number of rotatable bonds is 5. The van der Waals surface area contributed by atoms with Crippen LogP contribution in [0.3, 0.4) is 0 Å². The van der Waals surface area contributed by atoms with E-state index in [0.717, 1.165) is 18.5 Å².